The molecule has 0 unspecified atom stereocenters. The first-order valence-electron chi connectivity index (χ1n) is 10.2. The molecule has 0 bridgehead atoms. The van der Waals surface area contributed by atoms with Crippen LogP contribution in [0.15, 0.2) is 54.6 Å². The Kier molecular flexibility index (Phi) is 7.66. The summed E-state index contributed by atoms with van der Waals surface area (Å²) in [5.74, 6) is 0.336. The Morgan fingerprint density at radius 2 is 1.47 bits per heavy atom. The van der Waals surface area contributed by atoms with Crippen LogP contribution in [0.4, 0.5) is 5.69 Å². The summed E-state index contributed by atoms with van der Waals surface area (Å²) in [5, 5.41) is 32.0. The van der Waals surface area contributed by atoms with Crippen molar-refractivity contribution in [1.82, 2.24) is 0 Å². The van der Waals surface area contributed by atoms with Crippen LogP contribution in [0, 0.1) is 0 Å². The molecule has 8 heteroatoms. The lowest BCUT2D eigenvalue weighted by molar-refractivity contribution is -0.111. The van der Waals surface area contributed by atoms with E-state index in [2.05, 4.69) is 5.32 Å². The SMILES string of the molecule is COc1cc(/C=C/c2cccc(O)c2NC(=O)/C=C/c2ccc(O)c(O)c2)cc(OC)c1OC. The second kappa shape index (κ2) is 10.8. The number of amides is 1. The third-order valence-electron chi connectivity index (χ3n) is 4.89. The molecule has 0 aliphatic rings. The van der Waals surface area contributed by atoms with Crippen LogP contribution < -0.4 is 19.5 Å². The average molecular weight is 463 g/mol. The summed E-state index contributed by atoms with van der Waals surface area (Å²) >= 11 is 0. The number of rotatable bonds is 8. The topological polar surface area (TPSA) is 117 Å². The Morgan fingerprint density at radius 3 is 2.09 bits per heavy atom. The third-order valence-corrected chi connectivity index (χ3v) is 4.89. The molecule has 176 valence electrons. The van der Waals surface area contributed by atoms with Crippen LogP contribution in [0.25, 0.3) is 18.2 Å². The van der Waals surface area contributed by atoms with Crippen molar-refractivity contribution in [2.75, 3.05) is 26.6 Å². The standard InChI is InChI=1S/C26H25NO7/c1-32-22-14-17(15-23(33-2)26(22)34-3)7-10-18-5-4-6-20(29)25(18)27-24(31)12-9-16-8-11-19(28)21(30)13-16/h4-15,28-30H,1-3H3,(H,27,31)/b10-7+,12-9+. The molecule has 0 saturated carbocycles. The molecule has 0 radical (unpaired) electrons. The predicted octanol–water partition coefficient (Wildman–Crippen LogP) is 4.65. The van der Waals surface area contributed by atoms with E-state index in [0.29, 0.717) is 28.4 Å². The molecule has 0 spiro atoms. The quantitative estimate of drug-likeness (QED) is 0.218. The first kappa shape index (κ1) is 24.1. The number of hydrogen-bond donors (Lipinski definition) is 4. The van der Waals surface area contributed by atoms with Gasteiger partial charge in [0.25, 0.3) is 0 Å². The molecule has 3 aromatic rings. The highest BCUT2D eigenvalue weighted by molar-refractivity contribution is 6.04. The van der Waals surface area contributed by atoms with E-state index >= 15 is 0 Å². The van der Waals surface area contributed by atoms with Crippen molar-refractivity contribution in [1.29, 1.82) is 0 Å². The van der Waals surface area contributed by atoms with Crippen LogP contribution in [0.5, 0.6) is 34.5 Å². The highest BCUT2D eigenvalue weighted by atomic mass is 16.5. The van der Waals surface area contributed by atoms with Crippen LogP contribution >= 0.6 is 0 Å². The molecule has 34 heavy (non-hydrogen) atoms. The van der Waals surface area contributed by atoms with E-state index in [9.17, 15) is 20.1 Å². The van der Waals surface area contributed by atoms with Crippen molar-refractivity contribution in [3.63, 3.8) is 0 Å². The van der Waals surface area contributed by atoms with E-state index in [-0.39, 0.29) is 22.9 Å². The van der Waals surface area contributed by atoms with Gasteiger partial charge in [-0.1, -0.05) is 30.4 Å². The van der Waals surface area contributed by atoms with Gasteiger partial charge in [0.05, 0.1) is 27.0 Å². The largest absolute Gasteiger partial charge is 0.506 e. The van der Waals surface area contributed by atoms with Gasteiger partial charge in [0, 0.05) is 11.6 Å². The minimum absolute atomic E-state index is 0.101. The molecular formula is C26H25NO7. The molecule has 3 rings (SSSR count). The van der Waals surface area contributed by atoms with Gasteiger partial charge in [0.15, 0.2) is 23.0 Å². The number of phenolic OH excluding ortho intramolecular Hbond substituents is 3. The zero-order valence-corrected chi connectivity index (χ0v) is 18.9. The third kappa shape index (κ3) is 5.60. The molecule has 0 aliphatic carbocycles. The van der Waals surface area contributed by atoms with Crippen molar-refractivity contribution >= 4 is 29.8 Å². The number of para-hydroxylation sites is 1. The summed E-state index contributed by atoms with van der Waals surface area (Å²) in [7, 11) is 4.58. The number of carbonyl (C=O) groups excluding carboxylic acids is 1. The van der Waals surface area contributed by atoms with E-state index in [1.54, 1.807) is 42.5 Å². The van der Waals surface area contributed by atoms with Crippen molar-refractivity contribution < 1.29 is 34.3 Å². The molecule has 0 aromatic heterocycles. The van der Waals surface area contributed by atoms with Crippen LogP contribution in [0.2, 0.25) is 0 Å². The maximum absolute atomic E-state index is 12.5. The van der Waals surface area contributed by atoms with Crippen LogP contribution in [0.3, 0.4) is 0 Å². The zero-order chi connectivity index (χ0) is 24.7. The van der Waals surface area contributed by atoms with Gasteiger partial charge in [-0.25, -0.2) is 0 Å². The average Bonchev–Trinajstić information content (AvgIpc) is 2.84. The fraction of sp³-hybridized carbons (Fsp3) is 0.115. The lowest BCUT2D eigenvalue weighted by atomic mass is 10.1. The fourth-order valence-corrected chi connectivity index (χ4v) is 3.20. The minimum atomic E-state index is -0.489. The Morgan fingerprint density at radius 1 is 0.765 bits per heavy atom. The summed E-state index contributed by atoms with van der Waals surface area (Å²) in [6, 6.07) is 12.6. The molecule has 0 aliphatic heterocycles. The maximum atomic E-state index is 12.5. The molecule has 8 nitrogen and oxygen atoms in total. The summed E-state index contributed by atoms with van der Waals surface area (Å²) < 4.78 is 16.1. The number of methoxy groups -OCH3 is 3. The van der Waals surface area contributed by atoms with Gasteiger partial charge in [-0.3, -0.25) is 4.79 Å². The zero-order valence-electron chi connectivity index (χ0n) is 18.9. The number of hydrogen-bond acceptors (Lipinski definition) is 7. The number of carbonyl (C=O) groups is 1. The van der Waals surface area contributed by atoms with Crippen LogP contribution in [0.1, 0.15) is 16.7 Å². The molecule has 0 heterocycles. The number of ether oxygens (including phenoxy) is 3. The first-order chi connectivity index (χ1) is 16.4. The smallest absolute Gasteiger partial charge is 0.248 e. The van der Waals surface area contributed by atoms with Crippen molar-refractivity contribution in [3.05, 3.63) is 71.3 Å². The molecule has 1 amide bonds. The molecule has 0 fully saturated rings. The van der Waals surface area contributed by atoms with Gasteiger partial charge in [0.2, 0.25) is 11.7 Å². The number of phenols is 3. The lowest BCUT2D eigenvalue weighted by Gasteiger charge is -2.13. The van der Waals surface area contributed by atoms with Gasteiger partial charge in [-0.15, -0.1) is 0 Å². The Hall–Kier alpha value is -4.59. The highest BCUT2D eigenvalue weighted by Crippen LogP contribution is 2.39. The van der Waals surface area contributed by atoms with Gasteiger partial charge >= 0.3 is 0 Å². The Bertz CT molecular complexity index is 1220. The normalized spacial score (nSPS) is 11.0. The summed E-state index contributed by atoms with van der Waals surface area (Å²) in [4.78, 5) is 12.5. The number of benzene rings is 3. The summed E-state index contributed by atoms with van der Waals surface area (Å²) in [5.41, 5.74) is 2.07. The maximum Gasteiger partial charge on any atom is 0.248 e. The molecule has 0 saturated heterocycles. The van der Waals surface area contributed by atoms with Gasteiger partial charge in [-0.05, 0) is 47.5 Å². The first-order valence-corrected chi connectivity index (χ1v) is 10.2. The van der Waals surface area contributed by atoms with Crippen LogP contribution in [-0.4, -0.2) is 42.6 Å². The van der Waals surface area contributed by atoms with E-state index in [4.69, 9.17) is 14.2 Å². The van der Waals surface area contributed by atoms with Crippen molar-refractivity contribution in [3.8, 4) is 34.5 Å². The number of anilines is 1. The van der Waals surface area contributed by atoms with Crippen molar-refractivity contribution in [2.24, 2.45) is 0 Å². The van der Waals surface area contributed by atoms with E-state index in [1.165, 1.54) is 51.7 Å². The molecular weight excluding hydrogens is 438 g/mol. The number of nitrogens with one attached hydrogen (secondary N) is 1. The molecule has 0 atom stereocenters. The fourth-order valence-electron chi connectivity index (χ4n) is 3.20. The number of aromatic hydroxyl groups is 3. The minimum Gasteiger partial charge on any atom is -0.506 e. The monoisotopic (exact) mass is 463 g/mol. The van der Waals surface area contributed by atoms with Crippen LogP contribution in [-0.2, 0) is 4.79 Å². The summed E-state index contributed by atoms with van der Waals surface area (Å²) in [6.07, 6.45) is 6.24. The highest BCUT2D eigenvalue weighted by Gasteiger charge is 2.13. The molecule has 4 N–H and O–H groups in total. The lowest BCUT2D eigenvalue weighted by Crippen LogP contribution is -2.09. The predicted molar refractivity (Wildman–Crippen MR) is 131 cm³/mol. The van der Waals surface area contributed by atoms with E-state index in [0.717, 1.165) is 5.56 Å². The van der Waals surface area contributed by atoms with E-state index < -0.39 is 5.91 Å². The van der Waals surface area contributed by atoms with Crippen molar-refractivity contribution in [2.45, 2.75) is 0 Å². The second-order valence-corrected chi connectivity index (χ2v) is 7.10. The van der Waals surface area contributed by atoms with Gasteiger partial charge < -0.3 is 34.8 Å². The Labute approximate surface area is 197 Å². The molecule has 3 aromatic carbocycles. The van der Waals surface area contributed by atoms with Gasteiger partial charge in [-0.2, -0.15) is 0 Å². The Balaban J connectivity index is 1.85. The van der Waals surface area contributed by atoms with Gasteiger partial charge in [0.1, 0.15) is 5.75 Å². The summed E-state index contributed by atoms with van der Waals surface area (Å²) in [6.45, 7) is 0. The second-order valence-electron chi connectivity index (χ2n) is 7.10. The van der Waals surface area contributed by atoms with E-state index in [1.807, 2.05) is 0 Å².